The molecule has 0 radical (unpaired) electrons. The van der Waals surface area contributed by atoms with Gasteiger partial charge < -0.3 is 0 Å². The highest BCUT2D eigenvalue weighted by atomic mass is 28.3. The lowest BCUT2D eigenvalue weighted by atomic mass is 10.2. The molecule has 1 saturated heterocycles. The largest absolute Gasteiger partial charge is 0.107 e. The Morgan fingerprint density at radius 2 is 1.56 bits per heavy atom. The molecule has 1 aliphatic rings. The van der Waals surface area contributed by atoms with Crippen molar-refractivity contribution in [3.63, 3.8) is 0 Å². The second-order valence-electron chi connectivity index (χ2n) is 2.99. The molecule has 0 N–H and O–H groups in total. The lowest BCUT2D eigenvalue weighted by Crippen LogP contribution is -2.04. The fourth-order valence-electron chi connectivity index (χ4n) is 1.55. The zero-order valence-electron chi connectivity index (χ0n) is 6.10. The summed E-state index contributed by atoms with van der Waals surface area (Å²) < 4.78 is 0. The Morgan fingerprint density at radius 1 is 1.00 bits per heavy atom. The van der Waals surface area contributed by atoms with Gasteiger partial charge in [0.15, 0.2) is 0 Å². The first-order valence-corrected chi connectivity index (χ1v) is 6.36. The topological polar surface area (TPSA) is 0 Å². The van der Waals surface area contributed by atoms with Gasteiger partial charge >= 0.3 is 0 Å². The van der Waals surface area contributed by atoms with Crippen molar-refractivity contribution in [1.82, 2.24) is 0 Å². The molecule has 0 amide bonds. The van der Waals surface area contributed by atoms with E-state index < -0.39 is 0 Å². The third-order valence-electron chi connectivity index (χ3n) is 2.23. The molecule has 1 heterocycles. The normalized spacial score (nSPS) is 23.1. The minimum absolute atomic E-state index is 0.387. The molecule has 0 spiro atoms. The maximum absolute atomic E-state index is 3.89. The summed E-state index contributed by atoms with van der Waals surface area (Å²) in [6.45, 7) is 3.89. The Hall–Kier alpha value is -0.0431. The van der Waals surface area contributed by atoms with Crippen molar-refractivity contribution in [2.75, 3.05) is 0 Å². The molecular formula is C8H16Si. The van der Waals surface area contributed by atoms with Gasteiger partial charge in [0, 0.05) is 0 Å². The molecule has 0 aromatic carbocycles. The first-order chi connectivity index (χ1) is 4.43. The summed E-state index contributed by atoms with van der Waals surface area (Å²) in [5, 5.41) is 0. The summed E-state index contributed by atoms with van der Waals surface area (Å²) in [6, 6.07) is 3.06. The van der Waals surface area contributed by atoms with Gasteiger partial charge in [0.1, 0.15) is 0 Å². The van der Waals surface area contributed by atoms with E-state index in [0.717, 1.165) is 0 Å². The van der Waals surface area contributed by atoms with E-state index in [1.807, 2.05) is 0 Å². The standard InChI is InChI=1S/C8H16Si/c1-2-9-7-5-3-4-6-8-9/h2,9H,1,3-8H2. The first kappa shape index (κ1) is 7.07. The van der Waals surface area contributed by atoms with E-state index >= 15 is 0 Å². The van der Waals surface area contributed by atoms with Crippen LogP contribution < -0.4 is 0 Å². The van der Waals surface area contributed by atoms with Crippen LogP contribution in [0.2, 0.25) is 12.1 Å². The van der Waals surface area contributed by atoms with E-state index in [9.17, 15) is 0 Å². The molecule has 52 valence electrons. The molecule has 0 aromatic heterocycles. The maximum Gasteiger partial charge on any atom is 0.0607 e. The van der Waals surface area contributed by atoms with Crippen molar-refractivity contribution in [3.05, 3.63) is 12.3 Å². The molecule has 1 rings (SSSR count). The van der Waals surface area contributed by atoms with Gasteiger partial charge in [-0.05, 0) is 0 Å². The van der Waals surface area contributed by atoms with E-state index in [4.69, 9.17) is 0 Å². The van der Waals surface area contributed by atoms with Gasteiger partial charge in [-0.25, -0.2) is 0 Å². The Labute approximate surface area is 59.6 Å². The van der Waals surface area contributed by atoms with Crippen molar-refractivity contribution in [2.45, 2.75) is 37.8 Å². The van der Waals surface area contributed by atoms with Crippen LogP contribution in [-0.4, -0.2) is 8.80 Å². The predicted octanol–water partition coefficient (Wildman–Crippen LogP) is 2.51. The molecule has 0 nitrogen and oxygen atoms in total. The highest BCUT2D eigenvalue weighted by Crippen LogP contribution is 2.18. The molecule has 0 aromatic rings. The molecule has 0 atom stereocenters. The predicted molar refractivity (Wildman–Crippen MR) is 45.4 cm³/mol. The van der Waals surface area contributed by atoms with Crippen molar-refractivity contribution >= 4 is 8.80 Å². The highest BCUT2D eigenvalue weighted by molar-refractivity contribution is 6.64. The molecule has 0 unspecified atom stereocenters. The van der Waals surface area contributed by atoms with E-state index in [0.29, 0.717) is 0 Å². The first-order valence-electron chi connectivity index (χ1n) is 4.06. The molecule has 9 heavy (non-hydrogen) atoms. The lowest BCUT2D eigenvalue weighted by molar-refractivity contribution is 0.720. The van der Waals surface area contributed by atoms with E-state index in [-0.39, 0.29) is 8.80 Å². The Kier molecular flexibility index (Phi) is 3.05. The molecule has 0 aliphatic carbocycles. The highest BCUT2D eigenvalue weighted by Gasteiger charge is 2.08. The van der Waals surface area contributed by atoms with Gasteiger partial charge in [0.2, 0.25) is 0 Å². The Morgan fingerprint density at radius 3 is 2.00 bits per heavy atom. The summed E-state index contributed by atoms with van der Waals surface area (Å²) >= 11 is 0. The van der Waals surface area contributed by atoms with E-state index in [1.54, 1.807) is 0 Å². The van der Waals surface area contributed by atoms with E-state index in [1.165, 1.54) is 37.8 Å². The maximum atomic E-state index is 3.89. The SMILES string of the molecule is C=C[SiH]1CCCCCC1. The van der Waals surface area contributed by atoms with Gasteiger partial charge in [0.05, 0.1) is 8.80 Å². The fourth-order valence-corrected chi connectivity index (χ4v) is 3.93. The summed E-state index contributed by atoms with van der Waals surface area (Å²) in [7, 11) is -0.387. The van der Waals surface area contributed by atoms with Crippen molar-refractivity contribution in [1.29, 1.82) is 0 Å². The van der Waals surface area contributed by atoms with Crippen LogP contribution >= 0.6 is 0 Å². The van der Waals surface area contributed by atoms with Crippen LogP contribution in [0.3, 0.4) is 0 Å². The zero-order valence-corrected chi connectivity index (χ0v) is 7.26. The van der Waals surface area contributed by atoms with Gasteiger partial charge in [-0.15, -0.1) is 12.3 Å². The summed E-state index contributed by atoms with van der Waals surface area (Å²) in [6.07, 6.45) is 5.94. The van der Waals surface area contributed by atoms with Crippen LogP contribution in [0.15, 0.2) is 12.3 Å². The number of hydrogen-bond donors (Lipinski definition) is 0. The third kappa shape index (κ3) is 2.35. The lowest BCUT2D eigenvalue weighted by Gasteiger charge is -2.02. The van der Waals surface area contributed by atoms with Gasteiger partial charge in [-0.2, -0.15) is 0 Å². The fraction of sp³-hybridized carbons (Fsp3) is 0.750. The molecule has 0 bridgehead atoms. The van der Waals surface area contributed by atoms with Gasteiger partial charge in [-0.1, -0.05) is 37.8 Å². The second kappa shape index (κ2) is 3.88. The minimum Gasteiger partial charge on any atom is -0.107 e. The number of hydrogen-bond acceptors (Lipinski definition) is 0. The van der Waals surface area contributed by atoms with Crippen LogP contribution in [0.5, 0.6) is 0 Å². The minimum atomic E-state index is -0.387. The monoisotopic (exact) mass is 140 g/mol. The van der Waals surface area contributed by atoms with Crippen molar-refractivity contribution in [3.8, 4) is 0 Å². The van der Waals surface area contributed by atoms with Gasteiger partial charge in [0.25, 0.3) is 0 Å². The average Bonchev–Trinajstić information content (AvgIpc) is 2.13. The van der Waals surface area contributed by atoms with Crippen molar-refractivity contribution in [2.24, 2.45) is 0 Å². The smallest absolute Gasteiger partial charge is 0.0607 e. The summed E-state index contributed by atoms with van der Waals surface area (Å²) in [5.41, 5.74) is 2.27. The Balaban J connectivity index is 2.26. The summed E-state index contributed by atoms with van der Waals surface area (Å²) in [5.74, 6) is 0. The van der Waals surface area contributed by atoms with E-state index in [2.05, 4.69) is 12.3 Å². The molecule has 1 aliphatic heterocycles. The molecule has 0 saturated carbocycles. The average molecular weight is 140 g/mol. The van der Waals surface area contributed by atoms with Gasteiger partial charge in [-0.3, -0.25) is 0 Å². The molecule has 1 fully saturated rings. The van der Waals surface area contributed by atoms with Crippen LogP contribution in [0.25, 0.3) is 0 Å². The molecule has 1 heteroatoms. The van der Waals surface area contributed by atoms with Crippen LogP contribution in [0.4, 0.5) is 0 Å². The van der Waals surface area contributed by atoms with Crippen molar-refractivity contribution < 1.29 is 0 Å². The van der Waals surface area contributed by atoms with Crippen LogP contribution in [0, 0.1) is 0 Å². The van der Waals surface area contributed by atoms with Crippen LogP contribution in [-0.2, 0) is 0 Å². The third-order valence-corrected chi connectivity index (χ3v) is 5.20. The zero-order chi connectivity index (χ0) is 6.53. The summed E-state index contributed by atoms with van der Waals surface area (Å²) in [4.78, 5) is 0. The quantitative estimate of drug-likeness (QED) is 0.491. The number of rotatable bonds is 1. The second-order valence-corrected chi connectivity index (χ2v) is 6.13. The Bertz CT molecular complexity index is 80.6. The van der Waals surface area contributed by atoms with Crippen LogP contribution in [0.1, 0.15) is 25.7 Å². The molecular weight excluding hydrogens is 124 g/mol.